The number of rotatable bonds is 7. The molecule has 2 N–H and O–H groups in total. The van der Waals surface area contributed by atoms with E-state index in [1.165, 1.54) is 0 Å². The Kier molecular flexibility index (Phi) is 6.15. The first-order valence-corrected chi connectivity index (χ1v) is 6.33. The maximum Gasteiger partial charge on any atom is 0.236 e. The molecule has 0 bridgehead atoms. The fourth-order valence-electron chi connectivity index (χ4n) is 1.66. The molecule has 1 atom stereocenters. The standard InChI is InChI=1S/C14H22N2O3/c1-5-15-14(17)10(2)16-9-11-6-12(18-3)8-13(7-11)19-4/h6-8,10,16H,5,9H2,1-4H3,(H,15,17). The van der Waals surface area contributed by atoms with E-state index in [0.717, 1.165) is 17.1 Å². The maximum atomic E-state index is 11.6. The summed E-state index contributed by atoms with van der Waals surface area (Å²) in [6.07, 6.45) is 0. The lowest BCUT2D eigenvalue weighted by molar-refractivity contribution is -0.122. The molecule has 0 radical (unpaired) electrons. The van der Waals surface area contributed by atoms with E-state index in [-0.39, 0.29) is 11.9 Å². The molecule has 0 aliphatic heterocycles. The topological polar surface area (TPSA) is 59.6 Å². The number of nitrogens with one attached hydrogen (secondary N) is 2. The number of carbonyl (C=O) groups is 1. The number of amides is 1. The Labute approximate surface area is 114 Å². The summed E-state index contributed by atoms with van der Waals surface area (Å²) in [7, 11) is 3.23. The van der Waals surface area contributed by atoms with Crippen molar-refractivity contribution in [1.82, 2.24) is 10.6 Å². The highest BCUT2D eigenvalue weighted by atomic mass is 16.5. The van der Waals surface area contributed by atoms with E-state index in [1.54, 1.807) is 14.2 Å². The fourth-order valence-corrected chi connectivity index (χ4v) is 1.66. The Bertz CT molecular complexity index is 399. The molecule has 5 heteroatoms. The van der Waals surface area contributed by atoms with Gasteiger partial charge >= 0.3 is 0 Å². The molecule has 1 aromatic rings. The van der Waals surface area contributed by atoms with Crippen LogP contribution in [0, 0.1) is 0 Å². The lowest BCUT2D eigenvalue weighted by Crippen LogP contribution is -2.41. The number of benzene rings is 1. The molecular weight excluding hydrogens is 244 g/mol. The molecule has 0 aliphatic rings. The smallest absolute Gasteiger partial charge is 0.236 e. The van der Waals surface area contributed by atoms with Crippen LogP contribution in [0.2, 0.25) is 0 Å². The SMILES string of the molecule is CCNC(=O)C(C)NCc1cc(OC)cc(OC)c1. The molecule has 0 aromatic heterocycles. The van der Waals surface area contributed by atoms with Crippen LogP contribution in [0.3, 0.4) is 0 Å². The van der Waals surface area contributed by atoms with Gasteiger partial charge in [0.1, 0.15) is 11.5 Å². The lowest BCUT2D eigenvalue weighted by Gasteiger charge is -2.14. The predicted octanol–water partition coefficient (Wildman–Crippen LogP) is 1.32. The monoisotopic (exact) mass is 266 g/mol. The van der Waals surface area contributed by atoms with Crippen LogP contribution in [0.25, 0.3) is 0 Å². The third-order valence-corrected chi connectivity index (χ3v) is 2.77. The maximum absolute atomic E-state index is 11.6. The van der Waals surface area contributed by atoms with Gasteiger partial charge in [0.2, 0.25) is 5.91 Å². The average Bonchev–Trinajstić information content (AvgIpc) is 2.44. The summed E-state index contributed by atoms with van der Waals surface area (Å²) >= 11 is 0. The normalized spacial score (nSPS) is 11.8. The van der Waals surface area contributed by atoms with Gasteiger partial charge in [-0.25, -0.2) is 0 Å². The molecule has 0 spiro atoms. The van der Waals surface area contributed by atoms with Crippen molar-refractivity contribution < 1.29 is 14.3 Å². The van der Waals surface area contributed by atoms with Gasteiger partial charge in [-0.1, -0.05) is 0 Å². The number of hydrogen-bond acceptors (Lipinski definition) is 4. The van der Waals surface area contributed by atoms with Gasteiger partial charge in [-0.3, -0.25) is 4.79 Å². The number of methoxy groups -OCH3 is 2. The van der Waals surface area contributed by atoms with E-state index < -0.39 is 0 Å². The van der Waals surface area contributed by atoms with Gasteiger partial charge in [0.15, 0.2) is 0 Å². The minimum absolute atomic E-state index is 0.00244. The van der Waals surface area contributed by atoms with E-state index in [9.17, 15) is 4.79 Å². The minimum atomic E-state index is -0.239. The van der Waals surface area contributed by atoms with Crippen molar-refractivity contribution >= 4 is 5.91 Å². The molecule has 1 amide bonds. The summed E-state index contributed by atoms with van der Waals surface area (Å²) < 4.78 is 10.4. The van der Waals surface area contributed by atoms with E-state index in [1.807, 2.05) is 32.0 Å². The van der Waals surface area contributed by atoms with Crippen LogP contribution in [0.15, 0.2) is 18.2 Å². The molecule has 5 nitrogen and oxygen atoms in total. The highest BCUT2D eigenvalue weighted by Gasteiger charge is 2.11. The minimum Gasteiger partial charge on any atom is -0.497 e. The number of ether oxygens (including phenoxy) is 2. The Hall–Kier alpha value is -1.75. The van der Waals surface area contributed by atoms with Gasteiger partial charge < -0.3 is 20.1 Å². The molecule has 0 saturated heterocycles. The van der Waals surface area contributed by atoms with Crippen molar-refractivity contribution in [3.8, 4) is 11.5 Å². The van der Waals surface area contributed by atoms with Crippen LogP contribution >= 0.6 is 0 Å². The molecule has 1 rings (SSSR count). The van der Waals surface area contributed by atoms with Crippen molar-refractivity contribution in [2.45, 2.75) is 26.4 Å². The predicted molar refractivity (Wildman–Crippen MR) is 74.5 cm³/mol. The quantitative estimate of drug-likeness (QED) is 0.781. The Morgan fingerprint density at radius 2 is 1.79 bits per heavy atom. The summed E-state index contributed by atoms with van der Waals surface area (Å²) in [5, 5.41) is 5.94. The highest BCUT2D eigenvalue weighted by molar-refractivity contribution is 5.81. The van der Waals surface area contributed by atoms with Crippen LogP contribution < -0.4 is 20.1 Å². The van der Waals surface area contributed by atoms with Crippen molar-refractivity contribution in [1.29, 1.82) is 0 Å². The van der Waals surface area contributed by atoms with Gasteiger partial charge in [0.05, 0.1) is 20.3 Å². The lowest BCUT2D eigenvalue weighted by atomic mass is 10.2. The van der Waals surface area contributed by atoms with Gasteiger partial charge in [-0.05, 0) is 31.5 Å². The molecule has 1 aromatic carbocycles. The second kappa shape index (κ2) is 7.63. The van der Waals surface area contributed by atoms with Crippen molar-refractivity contribution in [3.63, 3.8) is 0 Å². The summed E-state index contributed by atoms with van der Waals surface area (Å²) in [4.78, 5) is 11.6. The first-order chi connectivity index (χ1) is 9.10. The van der Waals surface area contributed by atoms with E-state index in [4.69, 9.17) is 9.47 Å². The van der Waals surface area contributed by atoms with Gasteiger partial charge in [0, 0.05) is 19.2 Å². The first-order valence-electron chi connectivity index (χ1n) is 6.33. The molecule has 106 valence electrons. The fraction of sp³-hybridized carbons (Fsp3) is 0.500. The third-order valence-electron chi connectivity index (χ3n) is 2.77. The summed E-state index contributed by atoms with van der Waals surface area (Å²) in [6.45, 7) is 4.95. The Morgan fingerprint density at radius 1 is 1.21 bits per heavy atom. The number of likely N-dealkylation sites (N-methyl/N-ethyl adjacent to an activating group) is 1. The molecular formula is C14H22N2O3. The Morgan fingerprint density at radius 3 is 2.26 bits per heavy atom. The zero-order valence-corrected chi connectivity index (χ0v) is 11.9. The van der Waals surface area contributed by atoms with E-state index in [2.05, 4.69) is 10.6 Å². The van der Waals surface area contributed by atoms with Crippen LogP contribution in [0.4, 0.5) is 0 Å². The summed E-state index contributed by atoms with van der Waals surface area (Å²) in [6, 6.07) is 5.41. The van der Waals surface area contributed by atoms with Crippen molar-refractivity contribution in [3.05, 3.63) is 23.8 Å². The van der Waals surface area contributed by atoms with E-state index >= 15 is 0 Å². The number of hydrogen-bond donors (Lipinski definition) is 2. The van der Waals surface area contributed by atoms with Crippen LogP contribution in [-0.2, 0) is 11.3 Å². The highest BCUT2D eigenvalue weighted by Crippen LogP contribution is 2.22. The number of carbonyl (C=O) groups excluding carboxylic acids is 1. The second-order valence-corrected chi connectivity index (χ2v) is 4.22. The molecule has 0 aliphatic carbocycles. The average molecular weight is 266 g/mol. The molecule has 19 heavy (non-hydrogen) atoms. The summed E-state index contributed by atoms with van der Waals surface area (Å²) in [5.74, 6) is 1.47. The third kappa shape index (κ3) is 4.79. The molecule has 0 fully saturated rings. The van der Waals surface area contributed by atoms with E-state index in [0.29, 0.717) is 13.1 Å². The van der Waals surface area contributed by atoms with Crippen molar-refractivity contribution in [2.24, 2.45) is 0 Å². The second-order valence-electron chi connectivity index (χ2n) is 4.22. The van der Waals surface area contributed by atoms with Crippen LogP contribution in [0.1, 0.15) is 19.4 Å². The van der Waals surface area contributed by atoms with Crippen LogP contribution in [0.5, 0.6) is 11.5 Å². The summed E-state index contributed by atoms with van der Waals surface area (Å²) in [5.41, 5.74) is 1.01. The molecule has 1 unspecified atom stereocenters. The first kappa shape index (κ1) is 15.3. The zero-order chi connectivity index (χ0) is 14.3. The van der Waals surface area contributed by atoms with Gasteiger partial charge in [-0.2, -0.15) is 0 Å². The zero-order valence-electron chi connectivity index (χ0n) is 11.9. The van der Waals surface area contributed by atoms with Gasteiger partial charge in [-0.15, -0.1) is 0 Å². The molecule has 0 heterocycles. The van der Waals surface area contributed by atoms with Gasteiger partial charge in [0.25, 0.3) is 0 Å². The Balaban J connectivity index is 2.64. The molecule has 0 saturated carbocycles. The largest absolute Gasteiger partial charge is 0.497 e. The van der Waals surface area contributed by atoms with Crippen molar-refractivity contribution in [2.75, 3.05) is 20.8 Å². The van der Waals surface area contributed by atoms with Crippen LogP contribution in [-0.4, -0.2) is 32.7 Å².